The van der Waals surface area contributed by atoms with E-state index in [0.717, 1.165) is 35.6 Å². The van der Waals surface area contributed by atoms with Crippen LogP contribution in [0.2, 0.25) is 0 Å². The minimum atomic E-state index is 0.304. The topological polar surface area (TPSA) is 74.2 Å². The molecule has 1 unspecified atom stereocenters. The highest BCUT2D eigenvalue weighted by molar-refractivity contribution is 5.89. The van der Waals surface area contributed by atoms with Gasteiger partial charge in [-0.15, -0.1) is 5.10 Å². The van der Waals surface area contributed by atoms with Crippen LogP contribution >= 0.6 is 0 Å². The molecule has 8 heteroatoms. The number of furan rings is 1. The van der Waals surface area contributed by atoms with E-state index in [1.807, 2.05) is 24.4 Å². The van der Waals surface area contributed by atoms with Crippen molar-refractivity contribution < 1.29 is 18.6 Å². The number of imidazole rings is 1. The van der Waals surface area contributed by atoms with Crippen LogP contribution in [0, 0.1) is 6.92 Å². The highest BCUT2D eigenvalue weighted by Gasteiger charge is 2.25. The zero-order valence-electron chi connectivity index (χ0n) is 20.9. The van der Waals surface area contributed by atoms with Gasteiger partial charge in [-0.05, 0) is 44.4 Å². The van der Waals surface area contributed by atoms with E-state index < -0.39 is 0 Å². The Morgan fingerprint density at radius 3 is 2.69 bits per heavy atom. The Labute approximate surface area is 210 Å². The number of anilines is 1. The van der Waals surface area contributed by atoms with Crippen molar-refractivity contribution in [3.63, 3.8) is 0 Å². The molecule has 6 rings (SSSR count). The summed E-state index contributed by atoms with van der Waals surface area (Å²) < 4.78 is 25.2. The van der Waals surface area contributed by atoms with E-state index in [9.17, 15) is 0 Å². The largest absolute Gasteiger partial charge is 0.496 e. The van der Waals surface area contributed by atoms with E-state index in [4.69, 9.17) is 23.6 Å². The molecule has 1 saturated heterocycles. The average Bonchev–Trinajstić information content (AvgIpc) is 3.61. The van der Waals surface area contributed by atoms with Gasteiger partial charge in [0.2, 0.25) is 5.90 Å². The van der Waals surface area contributed by atoms with Crippen LogP contribution in [-0.4, -0.2) is 49.0 Å². The molecule has 0 aliphatic carbocycles. The minimum absolute atomic E-state index is 0.304. The van der Waals surface area contributed by atoms with E-state index in [1.54, 1.807) is 18.9 Å². The lowest BCUT2D eigenvalue weighted by molar-refractivity contribution is 0.262. The summed E-state index contributed by atoms with van der Waals surface area (Å²) in [5.41, 5.74) is 3.95. The van der Waals surface area contributed by atoms with Crippen LogP contribution < -0.4 is 14.4 Å². The van der Waals surface area contributed by atoms with Crippen molar-refractivity contribution in [1.29, 1.82) is 0 Å². The Morgan fingerprint density at radius 1 is 1.06 bits per heavy atom. The molecule has 0 amide bonds. The lowest BCUT2D eigenvalue weighted by Gasteiger charge is -2.37. The Balaban J connectivity index is 1.27. The minimum Gasteiger partial charge on any atom is -0.496 e. The molecule has 0 radical (unpaired) electrons. The summed E-state index contributed by atoms with van der Waals surface area (Å²) in [5, 5.41) is 5.29. The SMILES string of the molecule is COC1=Nn2cc(-c3cc4c(OCC5CCCCN5c5ccc(C)cc5)cc(OC)cc4o3)nc2C1. The number of nitrogens with zero attached hydrogens (tertiary/aromatic N) is 4. The van der Waals surface area contributed by atoms with Gasteiger partial charge in [-0.3, -0.25) is 0 Å². The van der Waals surface area contributed by atoms with Crippen LogP contribution in [-0.2, 0) is 11.2 Å². The Bertz CT molecular complexity index is 1420. The van der Waals surface area contributed by atoms with Crippen molar-refractivity contribution in [3.8, 4) is 23.0 Å². The molecule has 0 spiro atoms. The molecular formula is C28H30N4O4. The van der Waals surface area contributed by atoms with Crippen LogP contribution in [0.5, 0.6) is 11.5 Å². The fourth-order valence-electron chi connectivity index (χ4n) is 5.02. The molecule has 2 aromatic heterocycles. The van der Waals surface area contributed by atoms with Crippen LogP contribution in [0.4, 0.5) is 5.69 Å². The smallest absolute Gasteiger partial charge is 0.214 e. The molecule has 1 fully saturated rings. The van der Waals surface area contributed by atoms with Gasteiger partial charge >= 0.3 is 0 Å². The van der Waals surface area contributed by atoms with Crippen molar-refractivity contribution in [3.05, 3.63) is 60.0 Å². The van der Waals surface area contributed by atoms with E-state index in [2.05, 4.69) is 41.2 Å². The Kier molecular flexibility index (Phi) is 5.79. The monoisotopic (exact) mass is 486 g/mol. The number of hydrogen-bond donors (Lipinski definition) is 0. The highest BCUT2D eigenvalue weighted by atomic mass is 16.5. The van der Waals surface area contributed by atoms with Gasteiger partial charge in [0.1, 0.15) is 35.2 Å². The van der Waals surface area contributed by atoms with Gasteiger partial charge in [-0.2, -0.15) is 0 Å². The standard InChI is InChI=1S/C28H30N4O4/c1-18-7-9-19(10-8-18)31-11-5-4-6-20(31)17-35-24-12-21(33-2)13-25-22(24)14-26(36-25)23-16-32-27(29-23)15-28(30-32)34-3/h7-10,12-14,16,20H,4-6,11,15,17H2,1-3H3. The molecule has 4 aromatic rings. The number of benzene rings is 2. The summed E-state index contributed by atoms with van der Waals surface area (Å²) in [6.45, 7) is 3.75. The van der Waals surface area contributed by atoms with Gasteiger partial charge in [0.25, 0.3) is 0 Å². The molecule has 0 saturated carbocycles. The lowest BCUT2D eigenvalue weighted by Crippen LogP contribution is -2.43. The first-order valence-electron chi connectivity index (χ1n) is 12.4. The third-order valence-corrected chi connectivity index (χ3v) is 7.01. The van der Waals surface area contributed by atoms with Gasteiger partial charge in [0, 0.05) is 24.4 Å². The Hall–Kier alpha value is -3.94. The zero-order chi connectivity index (χ0) is 24.6. The van der Waals surface area contributed by atoms with Crippen molar-refractivity contribution in [2.75, 3.05) is 32.3 Å². The van der Waals surface area contributed by atoms with Gasteiger partial charge in [-0.25, -0.2) is 9.66 Å². The molecule has 8 nitrogen and oxygen atoms in total. The first-order valence-corrected chi connectivity index (χ1v) is 12.4. The second-order valence-electron chi connectivity index (χ2n) is 9.40. The number of aromatic nitrogens is 2. The summed E-state index contributed by atoms with van der Waals surface area (Å²) in [6, 6.07) is 14.9. The molecule has 4 heterocycles. The molecule has 2 aliphatic rings. The predicted octanol–water partition coefficient (Wildman–Crippen LogP) is 5.42. The molecular weight excluding hydrogens is 456 g/mol. The summed E-state index contributed by atoms with van der Waals surface area (Å²) in [4.78, 5) is 7.17. The molecule has 0 bridgehead atoms. The molecule has 0 N–H and O–H groups in total. The van der Waals surface area contributed by atoms with Crippen LogP contribution in [0.3, 0.4) is 0 Å². The van der Waals surface area contributed by atoms with Gasteiger partial charge in [-0.1, -0.05) is 17.7 Å². The van der Waals surface area contributed by atoms with E-state index in [0.29, 0.717) is 42.1 Å². The predicted molar refractivity (Wildman–Crippen MR) is 139 cm³/mol. The first-order chi connectivity index (χ1) is 17.6. The quantitative estimate of drug-likeness (QED) is 0.363. The van der Waals surface area contributed by atoms with Crippen LogP contribution in [0.15, 0.2) is 58.2 Å². The third kappa shape index (κ3) is 4.17. The number of piperidine rings is 1. The van der Waals surface area contributed by atoms with E-state index >= 15 is 0 Å². The number of fused-ring (bicyclic) bond motifs is 2. The van der Waals surface area contributed by atoms with E-state index in [-0.39, 0.29) is 0 Å². The molecule has 36 heavy (non-hydrogen) atoms. The molecule has 2 aliphatic heterocycles. The first kappa shape index (κ1) is 22.5. The fraction of sp³-hybridized carbons (Fsp3) is 0.357. The fourth-order valence-corrected chi connectivity index (χ4v) is 5.02. The van der Waals surface area contributed by atoms with Crippen molar-refractivity contribution in [1.82, 2.24) is 9.66 Å². The maximum Gasteiger partial charge on any atom is 0.214 e. The summed E-state index contributed by atoms with van der Waals surface area (Å²) in [5.74, 6) is 3.58. The van der Waals surface area contributed by atoms with Crippen LogP contribution in [0.25, 0.3) is 22.4 Å². The summed E-state index contributed by atoms with van der Waals surface area (Å²) >= 11 is 0. The normalized spacial score (nSPS) is 17.2. The summed E-state index contributed by atoms with van der Waals surface area (Å²) in [7, 11) is 3.27. The van der Waals surface area contributed by atoms with Crippen molar-refractivity contribution >= 4 is 22.6 Å². The number of aryl methyl sites for hydroxylation is 1. The third-order valence-electron chi connectivity index (χ3n) is 7.01. The molecule has 1 atom stereocenters. The van der Waals surface area contributed by atoms with Crippen molar-refractivity contribution in [2.45, 2.75) is 38.6 Å². The van der Waals surface area contributed by atoms with Crippen molar-refractivity contribution in [2.24, 2.45) is 5.10 Å². The second-order valence-corrected chi connectivity index (χ2v) is 9.40. The number of hydrogen-bond acceptors (Lipinski definition) is 7. The Morgan fingerprint density at radius 2 is 1.92 bits per heavy atom. The highest BCUT2D eigenvalue weighted by Crippen LogP contribution is 2.37. The van der Waals surface area contributed by atoms with Crippen LogP contribution in [0.1, 0.15) is 30.7 Å². The molecule has 2 aromatic carbocycles. The lowest BCUT2D eigenvalue weighted by atomic mass is 10.0. The number of ether oxygens (including phenoxy) is 3. The van der Waals surface area contributed by atoms with E-state index in [1.165, 1.54) is 24.1 Å². The zero-order valence-corrected chi connectivity index (χ0v) is 20.9. The van der Waals surface area contributed by atoms with Gasteiger partial charge in [0.05, 0.1) is 38.3 Å². The number of rotatable bonds is 6. The maximum atomic E-state index is 6.47. The number of methoxy groups -OCH3 is 2. The summed E-state index contributed by atoms with van der Waals surface area (Å²) in [6.07, 6.45) is 5.93. The average molecular weight is 487 g/mol. The van der Waals surface area contributed by atoms with Gasteiger partial charge in [0.15, 0.2) is 5.76 Å². The maximum absolute atomic E-state index is 6.47. The molecule has 186 valence electrons. The second kappa shape index (κ2) is 9.26. The van der Waals surface area contributed by atoms with Gasteiger partial charge < -0.3 is 23.5 Å².